The Morgan fingerprint density at radius 1 is 1.11 bits per heavy atom. The molecule has 15 heteroatoms. The van der Waals surface area contributed by atoms with Gasteiger partial charge in [0.25, 0.3) is 0 Å². The molecule has 3 aromatic rings. The Kier molecular flexibility index (Phi) is 11.6. The Bertz CT molecular complexity index is 1470. The van der Waals surface area contributed by atoms with Gasteiger partial charge in [-0.2, -0.15) is 4.98 Å². The average Bonchev–Trinajstić information content (AvgIpc) is 2.99. The van der Waals surface area contributed by atoms with Crippen molar-refractivity contribution in [3.63, 3.8) is 0 Å². The van der Waals surface area contributed by atoms with Crippen LogP contribution in [-0.2, 0) is 15.8 Å². The summed E-state index contributed by atoms with van der Waals surface area (Å²) in [5.74, 6) is -0.522. The van der Waals surface area contributed by atoms with Crippen molar-refractivity contribution in [2.75, 3.05) is 79.0 Å². The van der Waals surface area contributed by atoms with Crippen LogP contribution in [0.5, 0.6) is 0 Å². The predicted molar refractivity (Wildman–Crippen MR) is 177 cm³/mol. The Morgan fingerprint density at radius 2 is 1.82 bits per heavy atom. The maximum Gasteiger partial charge on any atom is 0.317 e. The number of carboxylic acid groups (broad SMARTS) is 1. The van der Waals surface area contributed by atoms with Gasteiger partial charge in [0, 0.05) is 64.3 Å². The number of para-hydroxylation sites is 2. The molecule has 2 aromatic carbocycles. The summed E-state index contributed by atoms with van der Waals surface area (Å²) in [7, 11) is 0.513. The van der Waals surface area contributed by atoms with Crippen LogP contribution >= 0.6 is 24.0 Å². The highest BCUT2D eigenvalue weighted by molar-refractivity contribution is 7.85. The van der Waals surface area contributed by atoms with E-state index in [1.807, 2.05) is 29.2 Å². The molecular weight excluding hydrogens is 630 g/mol. The van der Waals surface area contributed by atoms with Crippen LogP contribution in [0.25, 0.3) is 0 Å². The molecule has 1 aromatic heterocycles. The number of hydrogen-bond donors (Lipinski definition) is 3. The van der Waals surface area contributed by atoms with E-state index in [9.17, 15) is 9.00 Å². The number of nitrogens with zero attached hydrogens (tertiary/aromatic N) is 6. The number of aromatic nitrogens is 2. The number of carboxylic acids is 1. The van der Waals surface area contributed by atoms with Crippen LogP contribution in [0.4, 0.5) is 38.9 Å². The first-order valence-corrected chi connectivity index (χ1v) is 16.0. The Balaban J connectivity index is 0.00000442. The number of aliphatic carboxylic acids is 1. The standard InChI is InChI=1S/C29H36ClFN8O3S.ClH/c1-36(43(2)42)26-6-4-3-5-24(26)34-28-22(30)18-32-29(35-28)33-20-7-8-25(23(31)17-20)39-11-9-21(10-12-39)38-15-13-37(14-16-38)19-27(40)41;/h3-8,17-18,21H,9-16,19H2,1-2H3,(H,40,41)(H2,32,33,34,35);1H. The molecule has 44 heavy (non-hydrogen) atoms. The first-order valence-electron chi connectivity index (χ1n) is 14.1. The molecule has 0 amide bonds. The fourth-order valence-corrected chi connectivity index (χ4v) is 6.13. The lowest BCUT2D eigenvalue weighted by atomic mass is 10.0. The Labute approximate surface area is 270 Å². The molecule has 2 aliphatic rings. The first-order chi connectivity index (χ1) is 20.7. The molecule has 0 aliphatic carbocycles. The van der Waals surface area contributed by atoms with E-state index in [0.29, 0.717) is 39.6 Å². The number of benzene rings is 2. The first kappa shape index (κ1) is 33.7. The van der Waals surface area contributed by atoms with Crippen LogP contribution in [-0.4, -0.2) is 100 Å². The van der Waals surface area contributed by atoms with Gasteiger partial charge in [-0.1, -0.05) is 23.7 Å². The highest BCUT2D eigenvalue weighted by Gasteiger charge is 2.29. The van der Waals surface area contributed by atoms with Gasteiger partial charge in [0.2, 0.25) is 5.95 Å². The summed E-state index contributed by atoms with van der Waals surface area (Å²) < 4.78 is 29.0. The van der Waals surface area contributed by atoms with Gasteiger partial charge in [0.15, 0.2) is 5.82 Å². The largest absolute Gasteiger partial charge is 0.480 e. The molecule has 0 bridgehead atoms. The zero-order valence-electron chi connectivity index (χ0n) is 24.6. The topological polar surface area (TPSA) is 117 Å². The molecule has 2 saturated heterocycles. The van der Waals surface area contributed by atoms with Crippen molar-refractivity contribution in [1.29, 1.82) is 0 Å². The number of anilines is 6. The number of hydrogen-bond acceptors (Lipinski definition) is 9. The Hall–Kier alpha value is -3.23. The number of nitrogens with one attached hydrogen (secondary N) is 2. The maximum absolute atomic E-state index is 15.3. The minimum absolute atomic E-state index is 0. The third-order valence-electron chi connectivity index (χ3n) is 7.92. The van der Waals surface area contributed by atoms with Crippen molar-refractivity contribution >= 4 is 75.5 Å². The van der Waals surface area contributed by atoms with Crippen LogP contribution in [0.15, 0.2) is 48.7 Å². The summed E-state index contributed by atoms with van der Waals surface area (Å²) >= 11 is 6.38. The molecule has 2 aliphatic heterocycles. The van der Waals surface area contributed by atoms with E-state index in [2.05, 4.69) is 30.4 Å². The SMILES string of the molecule is CN(c1ccccc1Nc1nc(Nc2ccc(N3CCC(N4CCN(CC(=O)O)CC4)CC3)c(F)c2)ncc1Cl)S(C)=O.Cl. The van der Waals surface area contributed by atoms with Gasteiger partial charge in [-0.15, -0.1) is 12.4 Å². The van der Waals surface area contributed by atoms with Crippen LogP contribution in [0.1, 0.15) is 12.8 Å². The third-order valence-corrected chi connectivity index (χ3v) is 9.16. The fraction of sp³-hybridized carbons (Fsp3) is 0.414. The van der Waals surface area contributed by atoms with Gasteiger partial charge in [0.05, 0.1) is 29.8 Å². The molecule has 3 N–H and O–H groups in total. The zero-order valence-corrected chi connectivity index (χ0v) is 27.0. The van der Waals surface area contributed by atoms with Crippen LogP contribution in [0.2, 0.25) is 5.02 Å². The second-order valence-electron chi connectivity index (χ2n) is 10.7. The molecule has 0 saturated carbocycles. The number of halogens is 3. The molecule has 238 valence electrons. The second kappa shape index (κ2) is 15.2. The summed E-state index contributed by atoms with van der Waals surface area (Å²) in [6.45, 7) is 4.84. The molecule has 1 unspecified atom stereocenters. The van der Waals surface area contributed by atoms with Crippen LogP contribution in [0, 0.1) is 5.82 Å². The Morgan fingerprint density at radius 3 is 2.48 bits per heavy atom. The molecule has 0 spiro atoms. The highest BCUT2D eigenvalue weighted by Crippen LogP contribution is 2.32. The van der Waals surface area contributed by atoms with E-state index < -0.39 is 17.0 Å². The summed E-state index contributed by atoms with van der Waals surface area (Å²) in [6.07, 6.45) is 4.92. The highest BCUT2D eigenvalue weighted by atomic mass is 35.5. The zero-order chi connectivity index (χ0) is 30.5. The number of carbonyl (C=O) groups is 1. The summed E-state index contributed by atoms with van der Waals surface area (Å²) in [5.41, 5.74) is 2.45. The van der Waals surface area contributed by atoms with E-state index >= 15 is 4.39 Å². The summed E-state index contributed by atoms with van der Waals surface area (Å²) in [4.78, 5) is 26.2. The van der Waals surface area contributed by atoms with E-state index in [1.165, 1.54) is 12.3 Å². The monoisotopic (exact) mass is 666 g/mol. The molecule has 11 nitrogen and oxygen atoms in total. The van der Waals surface area contributed by atoms with Gasteiger partial charge in [-0.3, -0.25) is 18.9 Å². The van der Waals surface area contributed by atoms with E-state index in [4.69, 9.17) is 16.7 Å². The number of rotatable bonds is 10. The van der Waals surface area contributed by atoms with E-state index in [0.717, 1.165) is 52.1 Å². The van der Waals surface area contributed by atoms with Gasteiger partial charge in [-0.25, -0.2) is 13.6 Å². The minimum Gasteiger partial charge on any atom is -0.480 e. The fourth-order valence-electron chi connectivity index (χ4n) is 5.56. The van der Waals surface area contributed by atoms with Crippen LogP contribution < -0.4 is 19.8 Å². The lowest BCUT2D eigenvalue weighted by Gasteiger charge is -2.43. The second-order valence-corrected chi connectivity index (χ2v) is 12.5. The van der Waals surface area contributed by atoms with E-state index in [1.54, 1.807) is 29.7 Å². The molecule has 1 atom stereocenters. The molecule has 3 heterocycles. The lowest BCUT2D eigenvalue weighted by molar-refractivity contribution is -0.138. The van der Waals surface area contributed by atoms with Crippen molar-refractivity contribution < 1.29 is 18.5 Å². The van der Waals surface area contributed by atoms with Gasteiger partial charge in [-0.05, 0) is 43.2 Å². The summed E-state index contributed by atoms with van der Waals surface area (Å²) in [6, 6.07) is 12.8. The van der Waals surface area contributed by atoms with Crippen LogP contribution in [0.3, 0.4) is 0 Å². The molecule has 0 radical (unpaired) electrons. The third kappa shape index (κ3) is 8.27. The predicted octanol–water partition coefficient (Wildman–Crippen LogP) is 4.58. The normalized spacial score (nSPS) is 17.0. The smallest absolute Gasteiger partial charge is 0.317 e. The minimum atomic E-state index is -1.22. The van der Waals surface area contributed by atoms with Gasteiger partial charge >= 0.3 is 5.97 Å². The van der Waals surface area contributed by atoms with Crippen molar-refractivity contribution in [2.45, 2.75) is 18.9 Å². The number of piperidine rings is 1. The van der Waals surface area contributed by atoms with Gasteiger partial charge < -0.3 is 20.6 Å². The van der Waals surface area contributed by atoms with E-state index in [-0.39, 0.29) is 30.7 Å². The molecule has 2 fully saturated rings. The van der Waals surface area contributed by atoms with Crippen molar-refractivity contribution in [2.24, 2.45) is 0 Å². The quantitative estimate of drug-likeness (QED) is 0.284. The number of piperazine rings is 1. The van der Waals surface area contributed by atoms with Crippen molar-refractivity contribution in [3.8, 4) is 0 Å². The molecular formula is C29H37Cl2FN8O3S. The van der Waals surface area contributed by atoms with Crippen molar-refractivity contribution in [3.05, 3.63) is 59.5 Å². The lowest BCUT2D eigenvalue weighted by Crippen LogP contribution is -2.54. The van der Waals surface area contributed by atoms with Crippen molar-refractivity contribution in [1.82, 2.24) is 19.8 Å². The van der Waals surface area contributed by atoms with Gasteiger partial charge in [0.1, 0.15) is 21.8 Å². The maximum atomic E-state index is 15.3. The molecule has 5 rings (SSSR count). The summed E-state index contributed by atoms with van der Waals surface area (Å²) in [5, 5.41) is 15.6. The average molecular weight is 668 g/mol.